The molecule has 0 bridgehead atoms. The third-order valence-corrected chi connectivity index (χ3v) is 8.14. The molecule has 0 saturated heterocycles. The Hall–Kier alpha value is -0.673. The summed E-state index contributed by atoms with van der Waals surface area (Å²) in [5.41, 5.74) is 0. The van der Waals surface area contributed by atoms with E-state index in [0.29, 0.717) is 0 Å². The van der Waals surface area contributed by atoms with Crippen LogP contribution < -0.4 is 35.2 Å². The van der Waals surface area contributed by atoms with Gasteiger partial charge in [0.1, 0.15) is 0 Å². The first-order valence-electron chi connectivity index (χ1n) is 7.46. The molecular formula is C20H18Cl2HfSi. The molecule has 0 aliphatic rings. The molecule has 0 fully saturated rings. The van der Waals surface area contributed by atoms with Gasteiger partial charge in [0.15, 0.2) is 0 Å². The third kappa shape index (κ3) is 3.62. The summed E-state index contributed by atoms with van der Waals surface area (Å²) < 4.78 is 0. The molecule has 0 aromatic heterocycles. The van der Waals surface area contributed by atoms with Crippen molar-refractivity contribution in [3.05, 3.63) is 72.8 Å². The van der Waals surface area contributed by atoms with Gasteiger partial charge in [-0.15, -0.1) is 69.7 Å². The van der Waals surface area contributed by atoms with E-state index in [1.54, 1.807) is 0 Å². The number of rotatable bonds is 2. The van der Waals surface area contributed by atoms with Crippen LogP contribution >= 0.6 is 0 Å². The van der Waals surface area contributed by atoms with Crippen molar-refractivity contribution in [2.24, 2.45) is 0 Å². The van der Waals surface area contributed by atoms with E-state index >= 15 is 0 Å². The van der Waals surface area contributed by atoms with Gasteiger partial charge < -0.3 is 24.8 Å². The normalized spacial score (nSPS) is 10.8. The van der Waals surface area contributed by atoms with Crippen molar-refractivity contribution in [2.45, 2.75) is 13.1 Å². The second-order valence-electron chi connectivity index (χ2n) is 6.37. The van der Waals surface area contributed by atoms with Crippen LogP contribution in [0.25, 0.3) is 21.5 Å². The molecule has 0 radical (unpaired) electrons. The van der Waals surface area contributed by atoms with Crippen LogP contribution in [0.5, 0.6) is 0 Å². The molecule has 0 nitrogen and oxygen atoms in total. The minimum Gasteiger partial charge on any atom is -1.00 e. The molecule has 0 saturated carbocycles. The second-order valence-corrected chi connectivity index (χ2v) is 10.8. The van der Waals surface area contributed by atoms with Crippen molar-refractivity contribution in [1.29, 1.82) is 0 Å². The van der Waals surface area contributed by atoms with E-state index in [9.17, 15) is 0 Å². The summed E-state index contributed by atoms with van der Waals surface area (Å²) in [6.07, 6.45) is 0. The van der Waals surface area contributed by atoms with Crippen molar-refractivity contribution in [3.8, 4) is 0 Å². The quantitative estimate of drug-likeness (QED) is 0.211. The van der Waals surface area contributed by atoms with Crippen LogP contribution in [-0.2, 0) is 25.8 Å². The second kappa shape index (κ2) is 8.14. The molecule has 0 aliphatic heterocycles. The Bertz CT molecular complexity index is 795. The summed E-state index contributed by atoms with van der Waals surface area (Å²) in [5, 5.41) is 8.51. The molecule has 4 aromatic rings. The Morgan fingerprint density at radius 2 is 1.04 bits per heavy atom. The van der Waals surface area contributed by atoms with E-state index in [1.165, 1.54) is 31.9 Å². The Kier molecular flexibility index (Phi) is 7.25. The summed E-state index contributed by atoms with van der Waals surface area (Å²) in [7, 11) is -1.62. The van der Waals surface area contributed by atoms with Crippen LogP contribution in [0.4, 0.5) is 0 Å². The maximum Gasteiger partial charge on any atom is 4.00 e. The van der Waals surface area contributed by atoms with Crippen LogP contribution in [0, 0.1) is 0 Å². The molecule has 0 amide bonds. The van der Waals surface area contributed by atoms with Crippen LogP contribution in [0.3, 0.4) is 0 Å². The summed E-state index contributed by atoms with van der Waals surface area (Å²) >= 11 is 0. The zero-order valence-corrected chi connectivity index (χ0v) is 19.8. The van der Waals surface area contributed by atoms with Crippen LogP contribution in [0.1, 0.15) is 0 Å². The zero-order valence-electron chi connectivity index (χ0n) is 13.7. The summed E-state index contributed by atoms with van der Waals surface area (Å²) in [5.74, 6) is 0. The van der Waals surface area contributed by atoms with Crippen molar-refractivity contribution in [3.63, 3.8) is 0 Å². The van der Waals surface area contributed by atoms with Crippen molar-refractivity contribution in [2.75, 3.05) is 0 Å². The Labute approximate surface area is 175 Å². The fourth-order valence-electron chi connectivity index (χ4n) is 3.19. The van der Waals surface area contributed by atoms with Crippen molar-refractivity contribution >= 4 is 40.0 Å². The largest absolute Gasteiger partial charge is 4.00 e. The van der Waals surface area contributed by atoms with Gasteiger partial charge in [0.2, 0.25) is 0 Å². The number of benzene rings is 2. The summed E-state index contributed by atoms with van der Waals surface area (Å²) in [6, 6.07) is 26.9. The first kappa shape index (κ1) is 21.4. The van der Waals surface area contributed by atoms with E-state index in [4.69, 9.17) is 0 Å². The number of fused-ring (bicyclic) bond motifs is 2. The zero-order chi connectivity index (χ0) is 14.4. The van der Waals surface area contributed by atoms with Gasteiger partial charge in [-0.1, -0.05) is 25.2 Å². The van der Waals surface area contributed by atoms with Gasteiger partial charge in [0, 0.05) is 0 Å². The monoisotopic (exact) mass is 536 g/mol. The molecule has 0 aliphatic carbocycles. The van der Waals surface area contributed by atoms with Crippen molar-refractivity contribution in [1.82, 2.24) is 0 Å². The molecule has 120 valence electrons. The van der Waals surface area contributed by atoms with Gasteiger partial charge in [-0.3, -0.25) is 0 Å². The fraction of sp³-hybridized carbons (Fsp3) is 0.100. The molecule has 0 atom stereocenters. The topological polar surface area (TPSA) is 0 Å². The van der Waals surface area contributed by atoms with Crippen molar-refractivity contribution < 1.29 is 50.7 Å². The standard InChI is InChI=1S/C20H18Si.2ClH.Hf/c1-21(2,19-11-15-7-3-4-8-16(15)12-19)20-13-17-9-5-6-10-18(17)14-20;;;/h3-14H,1-2H3;2*1H;/q-2;;;+4/p-2. The molecule has 0 spiro atoms. The molecule has 4 heteroatoms. The molecule has 0 N–H and O–H groups in total. The molecular weight excluding hydrogens is 518 g/mol. The van der Waals surface area contributed by atoms with E-state index in [-0.39, 0.29) is 50.7 Å². The summed E-state index contributed by atoms with van der Waals surface area (Å²) in [6.45, 7) is 4.91. The first-order valence-corrected chi connectivity index (χ1v) is 10.5. The van der Waals surface area contributed by atoms with E-state index in [0.717, 1.165) is 0 Å². The maximum atomic E-state index is 2.45. The van der Waals surface area contributed by atoms with Gasteiger partial charge >= 0.3 is 25.8 Å². The average Bonchev–Trinajstić information content (AvgIpc) is 3.11. The predicted molar refractivity (Wildman–Crippen MR) is 95.8 cm³/mol. The molecule has 24 heavy (non-hydrogen) atoms. The molecule has 0 unspecified atom stereocenters. The number of hydrogen-bond donors (Lipinski definition) is 0. The maximum absolute atomic E-state index is 2.45. The van der Waals surface area contributed by atoms with Gasteiger partial charge in [0.05, 0.1) is 8.07 Å². The molecule has 4 aromatic carbocycles. The van der Waals surface area contributed by atoms with Crippen LogP contribution in [-0.4, -0.2) is 8.07 Å². The number of hydrogen-bond acceptors (Lipinski definition) is 0. The fourth-order valence-corrected chi connectivity index (χ4v) is 5.59. The van der Waals surface area contributed by atoms with Gasteiger partial charge in [-0.25, -0.2) is 0 Å². The SMILES string of the molecule is C[Si](C)(c1cc2ccccc2[cH-]1)c1cc2ccccc2[cH-]1.[Cl-].[Cl-].[Hf+4]. The molecule has 0 heterocycles. The number of halogens is 2. The predicted octanol–water partition coefficient (Wildman–Crippen LogP) is -1.74. The minimum atomic E-state index is -1.62. The minimum absolute atomic E-state index is 0. The van der Waals surface area contributed by atoms with Gasteiger partial charge in [-0.2, -0.15) is 22.9 Å². The van der Waals surface area contributed by atoms with Crippen LogP contribution in [0.2, 0.25) is 13.1 Å². The molecule has 4 rings (SSSR count). The van der Waals surface area contributed by atoms with Gasteiger partial charge in [0.25, 0.3) is 0 Å². The van der Waals surface area contributed by atoms with E-state index in [1.807, 2.05) is 0 Å². The Morgan fingerprint density at radius 3 is 1.42 bits per heavy atom. The first-order chi connectivity index (χ1) is 10.1. The third-order valence-electron chi connectivity index (χ3n) is 4.68. The van der Waals surface area contributed by atoms with Crippen LogP contribution in [0.15, 0.2) is 72.8 Å². The van der Waals surface area contributed by atoms with E-state index < -0.39 is 8.07 Å². The Balaban J connectivity index is 0.000000960. The summed E-state index contributed by atoms with van der Waals surface area (Å²) in [4.78, 5) is 0. The van der Waals surface area contributed by atoms with Gasteiger partial charge in [-0.05, 0) is 0 Å². The Morgan fingerprint density at radius 1 is 0.667 bits per heavy atom. The smallest absolute Gasteiger partial charge is 1.00 e. The average molecular weight is 536 g/mol. The van der Waals surface area contributed by atoms with E-state index in [2.05, 4.69) is 85.9 Å².